The third kappa shape index (κ3) is 7.21. The van der Waals surface area contributed by atoms with Crippen LogP contribution in [0.1, 0.15) is 32.1 Å². The first-order valence-corrected chi connectivity index (χ1v) is 8.94. The Kier molecular flexibility index (Phi) is 8.25. The van der Waals surface area contributed by atoms with E-state index in [4.69, 9.17) is 0 Å². The van der Waals surface area contributed by atoms with Gasteiger partial charge in [0.1, 0.15) is 0 Å². The van der Waals surface area contributed by atoms with Crippen molar-refractivity contribution in [2.24, 2.45) is 0 Å². The number of hydrogen-bond acceptors (Lipinski definition) is 4. The van der Waals surface area contributed by atoms with Crippen LogP contribution in [0.3, 0.4) is 0 Å². The molecule has 0 aliphatic heterocycles. The first kappa shape index (κ1) is 18.7. The molecule has 0 unspecified atom stereocenters. The highest BCUT2D eigenvalue weighted by Gasteiger charge is 1.97. The van der Waals surface area contributed by atoms with Gasteiger partial charge in [-0.15, -0.1) is 0 Å². The van der Waals surface area contributed by atoms with E-state index in [0.29, 0.717) is 11.4 Å². The predicted molar refractivity (Wildman–Crippen MR) is 105 cm³/mol. The summed E-state index contributed by atoms with van der Waals surface area (Å²) in [6.07, 6.45) is 5.51. The Balaban J connectivity index is 1.54. The molecule has 0 atom stereocenters. The van der Waals surface area contributed by atoms with E-state index in [9.17, 15) is 9.59 Å². The summed E-state index contributed by atoms with van der Waals surface area (Å²) >= 11 is 0. The van der Waals surface area contributed by atoms with Crippen molar-refractivity contribution in [3.63, 3.8) is 0 Å². The van der Waals surface area contributed by atoms with Gasteiger partial charge in [0.25, 0.3) is 0 Å². The van der Waals surface area contributed by atoms with Gasteiger partial charge < -0.3 is 10.6 Å². The van der Waals surface area contributed by atoms with Gasteiger partial charge in [-0.25, -0.2) is 0 Å². The predicted octanol–water partition coefficient (Wildman–Crippen LogP) is 3.88. The Morgan fingerprint density at radius 1 is 0.520 bits per heavy atom. The number of hydrogen-bond donors (Lipinski definition) is 2. The van der Waals surface area contributed by atoms with Crippen molar-refractivity contribution < 1.29 is 0 Å². The molecular weight excluding hydrogens is 312 g/mol. The van der Waals surface area contributed by atoms with Gasteiger partial charge in [-0.2, -0.15) is 0 Å². The average Bonchev–Trinajstić information content (AvgIpc) is 2.94. The Morgan fingerprint density at radius 2 is 0.920 bits per heavy atom. The van der Waals surface area contributed by atoms with Gasteiger partial charge in [0.15, 0.2) is 0 Å². The summed E-state index contributed by atoms with van der Waals surface area (Å²) < 4.78 is 0. The Morgan fingerprint density at radius 3 is 1.40 bits per heavy atom. The second-order valence-electron chi connectivity index (χ2n) is 6.00. The minimum atomic E-state index is 0.0307. The summed E-state index contributed by atoms with van der Waals surface area (Å²) in [5, 5.41) is 6.41. The lowest BCUT2D eigenvalue weighted by molar-refractivity contribution is 0.635. The molecule has 4 heteroatoms. The smallest absolute Gasteiger partial charge is 0.201 e. The molecule has 0 radical (unpaired) electrons. The first-order chi connectivity index (χ1) is 12.3. The maximum Gasteiger partial charge on any atom is 0.201 e. The number of unbranched alkanes of at least 4 members (excludes halogenated alkanes) is 4. The normalized spacial score (nSPS) is 10.2. The molecule has 0 heterocycles. The van der Waals surface area contributed by atoms with E-state index in [2.05, 4.69) is 10.6 Å². The molecule has 0 aromatic heterocycles. The average molecular weight is 338 g/mol. The summed E-state index contributed by atoms with van der Waals surface area (Å²) in [5.74, 6) is 0. The molecule has 0 saturated carbocycles. The molecule has 2 aromatic carbocycles. The highest BCUT2D eigenvalue weighted by molar-refractivity contribution is 5.42. The minimum absolute atomic E-state index is 0.0307. The number of anilines is 2. The van der Waals surface area contributed by atoms with Crippen molar-refractivity contribution >= 4 is 11.4 Å². The van der Waals surface area contributed by atoms with E-state index in [0.717, 1.165) is 45.2 Å². The van der Waals surface area contributed by atoms with Crippen LogP contribution < -0.4 is 21.5 Å². The van der Waals surface area contributed by atoms with Crippen molar-refractivity contribution in [3.05, 3.63) is 81.1 Å². The molecule has 25 heavy (non-hydrogen) atoms. The molecule has 2 N–H and O–H groups in total. The lowest BCUT2D eigenvalue weighted by Gasteiger charge is -2.05. The van der Waals surface area contributed by atoms with Gasteiger partial charge in [-0.05, 0) is 37.1 Å². The van der Waals surface area contributed by atoms with E-state index < -0.39 is 0 Å². The standard InChI is InChI=1S/C21H26N2O2/c24-20-14-8-4-6-12-18(20)22-16-10-2-1-3-11-17-23-19-13-7-5-9-15-21(19)25/h4-9,12-15H,1-3,10-11,16-17H2,(H,22,24)(H,23,25). The molecule has 0 saturated heterocycles. The van der Waals surface area contributed by atoms with E-state index in [-0.39, 0.29) is 10.9 Å². The Hall–Kier alpha value is -2.62. The van der Waals surface area contributed by atoms with Crippen molar-refractivity contribution in [2.45, 2.75) is 32.1 Å². The van der Waals surface area contributed by atoms with Crippen LogP contribution in [0, 0.1) is 0 Å². The van der Waals surface area contributed by atoms with Gasteiger partial charge in [-0.1, -0.05) is 55.7 Å². The van der Waals surface area contributed by atoms with E-state index in [1.54, 1.807) is 24.3 Å². The van der Waals surface area contributed by atoms with Crippen LogP contribution in [0.15, 0.2) is 70.3 Å². The first-order valence-electron chi connectivity index (χ1n) is 8.94. The van der Waals surface area contributed by atoms with Crippen LogP contribution in [0.4, 0.5) is 11.4 Å². The molecule has 0 fully saturated rings. The monoisotopic (exact) mass is 338 g/mol. The molecule has 0 aliphatic carbocycles. The Labute approximate surface area is 148 Å². The Bertz CT molecular complexity index is 697. The van der Waals surface area contributed by atoms with Crippen LogP contribution in [0.25, 0.3) is 0 Å². The van der Waals surface area contributed by atoms with Crippen molar-refractivity contribution in [2.75, 3.05) is 23.7 Å². The summed E-state index contributed by atoms with van der Waals surface area (Å²) in [6.45, 7) is 1.63. The van der Waals surface area contributed by atoms with Crippen LogP contribution in [-0.4, -0.2) is 13.1 Å². The van der Waals surface area contributed by atoms with Gasteiger partial charge in [0.2, 0.25) is 10.9 Å². The molecule has 0 amide bonds. The quantitative estimate of drug-likeness (QED) is 0.646. The van der Waals surface area contributed by atoms with E-state index in [1.165, 1.54) is 0 Å². The zero-order valence-electron chi connectivity index (χ0n) is 14.5. The SMILES string of the molecule is O=c1cccccc1NCCCCCCCNc1cccccc1=O. The fourth-order valence-electron chi connectivity index (χ4n) is 2.58. The largest absolute Gasteiger partial charge is 0.382 e. The second kappa shape index (κ2) is 11.0. The molecular formula is C21H26N2O2. The van der Waals surface area contributed by atoms with Crippen LogP contribution in [0.2, 0.25) is 0 Å². The third-order valence-corrected chi connectivity index (χ3v) is 3.98. The maximum atomic E-state index is 11.7. The second-order valence-corrected chi connectivity index (χ2v) is 6.00. The summed E-state index contributed by atoms with van der Waals surface area (Å²) in [5.41, 5.74) is 1.39. The maximum absolute atomic E-state index is 11.7. The molecule has 2 rings (SSSR count). The summed E-state index contributed by atoms with van der Waals surface area (Å²) in [7, 11) is 0. The molecule has 132 valence electrons. The highest BCUT2D eigenvalue weighted by Crippen LogP contribution is 2.05. The highest BCUT2D eigenvalue weighted by atomic mass is 16.1. The zero-order chi connectivity index (χ0) is 17.7. The van der Waals surface area contributed by atoms with Gasteiger partial charge >= 0.3 is 0 Å². The fourth-order valence-corrected chi connectivity index (χ4v) is 2.58. The van der Waals surface area contributed by atoms with Crippen LogP contribution in [0.5, 0.6) is 0 Å². The van der Waals surface area contributed by atoms with Gasteiger partial charge in [0, 0.05) is 13.1 Å². The topological polar surface area (TPSA) is 58.2 Å². The van der Waals surface area contributed by atoms with Gasteiger partial charge in [-0.3, -0.25) is 9.59 Å². The lowest BCUT2D eigenvalue weighted by Crippen LogP contribution is -2.10. The van der Waals surface area contributed by atoms with Crippen molar-refractivity contribution in [3.8, 4) is 0 Å². The number of nitrogens with one attached hydrogen (secondary N) is 2. The molecule has 0 bridgehead atoms. The molecule has 2 aromatic rings. The van der Waals surface area contributed by atoms with Crippen LogP contribution >= 0.6 is 0 Å². The van der Waals surface area contributed by atoms with Crippen molar-refractivity contribution in [1.82, 2.24) is 0 Å². The molecule has 0 spiro atoms. The van der Waals surface area contributed by atoms with Crippen molar-refractivity contribution in [1.29, 1.82) is 0 Å². The molecule has 4 nitrogen and oxygen atoms in total. The molecule has 0 aliphatic rings. The van der Waals surface area contributed by atoms with Gasteiger partial charge in [0.05, 0.1) is 11.4 Å². The van der Waals surface area contributed by atoms with E-state index in [1.807, 2.05) is 36.4 Å². The summed E-state index contributed by atoms with van der Waals surface area (Å²) in [4.78, 5) is 23.5. The van der Waals surface area contributed by atoms with Crippen LogP contribution in [-0.2, 0) is 0 Å². The summed E-state index contributed by atoms with van der Waals surface area (Å²) in [6, 6.07) is 17.8. The van der Waals surface area contributed by atoms with E-state index >= 15 is 0 Å². The minimum Gasteiger partial charge on any atom is -0.382 e. The lowest BCUT2D eigenvalue weighted by atomic mass is 10.1. The third-order valence-electron chi connectivity index (χ3n) is 3.98. The fraction of sp³-hybridized carbons (Fsp3) is 0.333. The zero-order valence-corrected chi connectivity index (χ0v) is 14.5. The number of rotatable bonds is 10.